The molecular weight excluding hydrogens is 388 g/mol. The fourth-order valence-corrected chi connectivity index (χ4v) is 3.97. The van der Waals surface area contributed by atoms with E-state index in [-0.39, 0.29) is 17.3 Å². The molecule has 0 amide bonds. The number of nitrogens with zero attached hydrogens (tertiary/aromatic N) is 1. The molecule has 0 saturated carbocycles. The van der Waals surface area contributed by atoms with E-state index in [1.54, 1.807) is 48.9 Å². The van der Waals surface area contributed by atoms with E-state index in [0.29, 0.717) is 16.9 Å². The topological polar surface area (TPSA) is 77.4 Å². The summed E-state index contributed by atoms with van der Waals surface area (Å²) in [4.78, 5) is 12.6. The van der Waals surface area contributed by atoms with Crippen molar-refractivity contribution in [3.05, 3.63) is 71.9 Å². The van der Waals surface area contributed by atoms with E-state index in [1.165, 1.54) is 0 Å². The summed E-state index contributed by atoms with van der Waals surface area (Å²) >= 11 is 0. The number of nitrogens with one attached hydrogen (secondary N) is 1. The van der Waals surface area contributed by atoms with Crippen LogP contribution in [0.2, 0.25) is 0 Å². The quantitative estimate of drug-likeness (QED) is 0.585. The summed E-state index contributed by atoms with van der Waals surface area (Å²) in [5.41, 5.74) is 6.65. The molecule has 0 aliphatic carbocycles. The monoisotopic (exact) mass is 412 g/mol. The fraction of sp³-hybridized carbons (Fsp3) is 0.227. The largest absolute Gasteiger partial charge is 0.462 e. The van der Waals surface area contributed by atoms with Crippen LogP contribution in [0.5, 0.6) is 0 Å². The molecule has 0 aliphatic rings. The van der Waals surface area contributed by atoms with Crippen LogP contribution < -0.4 is 5.43 Å². The molecule has 0 bridgehead atoms. The van der Waals surface area contributed by atoms with Gasteiger partial charge in [0.05, 0.1) is 39.9 Å². The zero-order valence-electron chi connectivity index (χ0n) is 16.7. The first-order valence-electron chi connectivity index (χ1n) is 9.42. The second kappa shape index (κ2) is 8.53. The van der Waals surface area contributed by atoms with Crippen LogP contribution in [0.3, 0.4) is 0 Å². The Hall–Kier alpha value is -3.06. The molecule has 0 atom stereocenters. The molecule has 7 heteroatoms. The molecule has 0 fully saturated rings. The summed E-state index contributed by atoms with van der Waals surface area (Å²) in [5.74, 6) is -0.369. The molecule has 29 heavy (non-hydrogen) atoms. The maximum absolute atomic E-state index is 12.4. The van der Waals surface area contributed by atoms with Gasteiger partial charge in [-0.25, -0.2) is 13.2 Å². The highest BCUT2D eigenvalue weighted by Gasteiger charge is 2.20. The third-order valence-corrected chi connectivity index (χ3v) is 6.36. The average Bonchev–Trinajstić information content (AvgIpc) is 3.05. The third-order valence-electron chi connectivity index (χ3n) is 4.63. The van der Waals surface area contributed by atoms with Gasteiger partial charge in [-0.1, -0.05) is 43.3 Å². The van der Waals surface area contributed by atoms with Gasteiger partial charge in [0.25, 0.3) is 0 Å². The zero-order chi connectivity index (χ0) is 21.0. The van der Waals surface area contributed by atoms with E-state index >= 15 is 0 Å². The Morgan fingerprint density at radius 2 is 1.76 bits per heavy atom. The number of rotatable bonds is 7. The van der Waals surface area contributed by atoms with Crippen LogP contribution in [0.1, 0.15) is 29.9 Å². The minimum absolute atomic E-state index is 0.0290. The normalized spacial score (nSPS) is 11.3. The molecule has 2 aromatic carbocycles. The van der Waals surface area contributed by atoms with Gasteiger partial charge < -0.3 is 4.74 Å². The van der Waals surface area contributed by atoms with Gasteiger partial charge in [0.15, 0.2) is 9.84 Å². The summed E-state index contributed by atoms with van der Waals surface area (Å²) in [5, 5.41) is 0. The lowest BCUT2D eigenvalue weighted by Crippen LogP contribution is -2.14. The van der Waals surface area contributed by atoms with Gasteiger partial charge in [0.1, 0.15) is 0 Å². The Morgan fingerprint density at radius 3 is 2.41 bits per heavy atom. The number of hydrogen-bond donors (Lipinski definition) is 1. The minimum atomic E-state index is -3.32. The first kappa shape index (κ1) is 20.7. The number of sulfone groups is 1. The van der Waals surface area contributed by atoms with Crippen molar-refractivity contribution >= 4 is 21.5 Å². The number of esters is 1. The summed E-state index contributed by atoms with van der Waals surface area (Å²) < 4.78 is 31.4. The highest BCUT2D eigenvalue weighted by Crippen LogP contribution is 2.27. The van der Waals surface area contributed by atoms with Crippen molar-refractivity contribution in [2.45, 2.75) is 25.7 Å². The van der Waals surface area contributed by atoms with Gasteiger partial charge in [-0.05, 0) is 38.1 Å². The van der Waals surface area contributed by atoms with Crippen LogP contribution in [-0.4, -0.2) is 31.4 Å². The predicted octanol–water partition coefficient (Wildman–Crippen LogP) is 4.31. The highest BCUT2D eigenvalue weighted by atomic mass is 32.2. The summed E-state index contributed by atoms with van der Waals surface area (Å²) in [7, 11) is -3.32. The zero-order valence-corrected chi connectivity index (χ0v) is 17.5. The van der Waals surface area contributed by atoms with Gasteiger partial charge in [-0.3, -0.25) is 10.1 Å². The number of carbonyl (C=O) groups is 1. The van der Waals surface area contributed by atoms with Gasteiger partial charge in [0, 0.05) is 5.56 Å². The van der Waals surface area contributed by atoms with Crippen molar-refractivity contribution in [3.63, 3.8) is 0 Å². The Labute approximate surface area is 171 Å². The third kappa shape index (κ3) is 4.35. The van der Waals surface area contributed by atoms with Crippen LogP contribution in [0.15, 0.2) is 65.6 Å². The van der Waals surface area contributed by atoms with Crippen LogP contribution in [0.25, 0.3) is 11.3 Å². The lowest BCUT2D eigenvalue weighted by molar-refractivity contribution is 0.0525. The molecule has 1 aromatic heterocycles. The predicted molar refractivity (Wildman–Crippen MR) is 114 cm³/mol. The number of aromatic nitrogens is 1. The van der Waals surface area contributed by atoms with Gasteiger partial charge in [-0.2, -0.15) is 0 Å². The van der Waals surface area contributed by atoms with E-state index < -0.39 is 15.8 Å². The maximum atomic E-state index is 12.4. The lowest BCUT2D eigenvalue weighted by Gasteiger charge is -2.15. The molecule has 1 heterocycles. The molecule has 0 spiro atoms. The Kier molecular flexibility index (Phi) is 6.08. The van der Waals surface area contributed by atoms with Crippen LogP contribution in [-0.2, 0) is 14.6 Å². The van der Waals surface area contributed by atoms with E-state index in [1.807, 2.05) is 37.3 Å². The molecule has 152 valence electrons. The minimum Gasteiger partial charge on any atom is -0.462 e. The second-order valence-electron chi connectivity index (χ2n) is 6.49. The molecule has 0 saturated heterocycles. The molecule has 0 aliphatic heterocycles. The number of ether oxygens (including phenoxy) is 1. The smallest absolute Gasteiger partial charge is 0.340 e. The second-order valence-corrected chi connectivity index (χ2v) is 8.77. The first-order chi connectivity index (χ1) is 13.9. The fourth-order valence-electron chi connectivity index (χ4n) is 3.04. The number of benzene rings is 2. The van der Waals surface area contributed by atoms with Crippen molar-refractivity contribution in [3.8, 4) is 11.3 Å². The molecule has 0 unspecified atom stereocenters. The Bertz CT molecular complexity index is 1120. The van der Waals surface area contributed by atoms with Gasteiger partial charge in [-0.15, -0.1) is 0 Å². The first-order valence-corrected chi connectivity index (χ1v) is 11.1. The van der Waals surface area contributed by atoms with Crippen LogP contribution in [0, 0.1) is 6.92 Å². The molecule has 0 radical (unpaired) electrons. The summed E-state index contributed by atoms with van der Waals surface area (Å²) in [6.45, 7) is 5.48. The Morgan fingerprint density at radius 1 is 1.03 bits per heavy atom. The van der Waals surface area contributed by atoms with Gasteiger partial charge >= 0.3 is 5.97 Å². The van der Waals surface area contributed by atoms with Crippen molar-refractivity contribution in [2.75, 3.05) is 17.8 Å². The molecule has 3 rings (SSSR count). The van der Waals surface area contributed by atoms with Gasteiger partial charge in [0.2, 0.25) is 0 Å². The van der Waals surface area contributed by atoms with Crippen molar-refractivity contribution < 1.29 is 17.9 Å². The molecule has 3 aromatic rings. The standard InChI is InChI=1S/C22H24N2O4S/c1-4-28-22(25)20-15-21(17-10-7-6-8-11-17)24(16(20)3)23-18-12-9-13-19(14-18)29(26,27)5-2/h6-15,23H,4-5H2,1-3H3. The number of carbonyl (C=O) groups excluding carboxylic acids is 1. The van der Waals surface area contributed by atoms with E-state index in [2.05, 4.69) is 5.43 Å². The van der Waals surface area contributed by atoms with Crippen LogP contribution >= 0.6 is 0 Å². The summed E-state index contributed by atoms with van der Waals surface area (Å²) in [6.07, 6.45) is 0. The van der Waals surface area contributed by atoms with Crippen molar-refractivity contribution in [2.24, 2.45) is 0 Å². The molecule has 1 N–H and O–H groups in total. The van der Waals surface area contributed by atoms with E-state index in [0.717, 1.165) is 11.3 Å². The number of hydrogen-bond acceptors (Lipinski definition) is 5. The molecular formula is C22H24N2O4S. The van der Waals surface area contributed by atoms with Crippen molar-refractivity contribution in [1.82, 2.24) is 4.68 Å². The van der Waals surface area contributed by atoms with Crippen molar-refractivity contribution in [1.29, 1.82) is 0 Å². The van der Waals surface area contributed by atoms with E-state index in [4.69, 9.17) is 4.74 Å². The maximum Gasteiger partial charge on any atom is 0.340 e. The lowest BCUT2D eigenvalue weighted by atomic mass is 10.1. The SMILES string of the molecule is CCOC(=O)c1cc(-c2ccccc2)n(Nc2cccc(S(=O)(=O)CC)c2)c1C. The average molecular weight is 413 g/mol. The van der Waals surface area contributed by atoms with Crippen LogP contribution in [0.4, 0.5) is 5.69 Å². The number of anilines is 1. The summed E-state index contributed by atoms with van der Waals surface area (Å²) in [6, 6.07) is 18.1. The highest BCUT2D eigenvalue weighted by molar-refractivity contribution is 7.91. The van der Waals surface area contributed by atoms with E-state index in [9.17, 15) is 13.2 Å². The Balaban J connectivity index is 2.09. The molecule has 6 nitrogen and oxygen atoms in total.